The molecule has 1 aromatic carbocycles. The van der Waals surface area contributed by atoms with Gasteiger partial charge < -0.3 is 14.8 Å². The quantitative estimate of drug-likeness (QED) is 0.783. The smallest absolute Gasteiger partial charge is 0.340 e. The summed E-state index contributed by atoms with van der Waals surface area (Å²) in [5, 5.41) is 3.36. The predicted molar refractivity (Wildman–Crippen MR) is 98.3 cm³/mol. The maximum Gasteiger partial charge on any atom is 0.340 e. The van der Waals surface area contributed by atoms with E-state index in [4.69, 9.17) is 21.1 Å². The third kappa shape index (κ3) is 6.37. The summed E-state index contributed by atoms with van der Waals surface area (Å²) in [7, 11) is 0. The van der Waals surface area contributed by atoms with Gasteiger partial charge in [-0.1, -0.05) is 11.6 Å². The van der Waals surface area contributed by atoms with Crippen LogP contribution >= 0.6 is 11.6 Å². The third-order valence-corrected chi connectivity index (χ3v) is 3.40. The zero-order valence-corrected chi connectivity index (χ0v) is 15.6. The van der Waals surface area contributed by atoms with Crippen molar-refractivity contribution in [3.8, 4) is 5.75 Å². The van der Waals surface area contributed by atoms with Crippen LogP contribution in [0.15, 0.2) is 48.8 Å². The van der Waals surface area contributed by atoms with Gasteiger partial charge in [-0.3, -0.25) is 9.78 Å². The predicted octanol–water partition coefficient (Wildman–Crippen LogP) is 3.25. The Kier molecular flexibility index (Phi) is 6.58. The van der Waals surface area contributed by atoms with Crippen molar-refractivity contribution in [3.05, 3.63) is 59.4 Å². The van der Waals surface area contributed by atoms with E-state index in [-0.39, 0.29) is 12.2 Å². The van der Waals surface area contributed by atoms with Crippen LogP contribution in [0.1, 0.15) is 31.1 Å². The molecule has 1 aromatic heterocycles. The number of aromatic nitrogens is 1. The van der Waals surface area contributed by atoms with Crippen LogP contribution in [0, 0.1) is 0 Å². The molecule has 2 aromatic rings. The van der Waals surface area contributed by atoms with E-state index < -0.39 is 23.5 Å². The monoisotopic (exact) mass is 376 g/mol. The fourth-order valence-corrected chi connectivity index (χ4v) is 2.12. The van der Waals surface area contributed by atoms with Crippen molar-refractivity contribution in [1.29, 1.82) is 0 Å². The second-order valence-electron chi connectivity index (χ2n) is 6.64. The summed E-state index contributed by atoms with van der Waals surface area (Å²) in [6.45, 7) is 5.39. The number of nitrogens with one attached hydrogen (secondary N) is 1. The molecule has 1 unspecified atom stereocenters. The van der Waals surface area contributed by atoms with Crippen LogP contribution in [0.4, 0.5) is 0 Å². The molecule has 0 aliphatic rings. The number of hydrogen-bond acceptors (Lipinski definition) is 5. The van der Waals surface area contributed by atoms with E-state index in [1.54, 1.807) is 42.6 Å². The Morgan fingerprint density at radius 2 is 1.88 bits per heavy atom. The summed E-state index contributed by atoms with van der Waals surface area (Å²) in [4.78, 5) is 28.6. The Bertz CT molecular complexity index is 742. The molecule has 2 rings (SSSR count). The van der Waals surface area contributed by atoms with Gasteiger partial charge in [0, 0.05) is 23.0 Å². The number of halogens is 1. The molecule has 0 spiro atoms. The largest absolute Gasteiger partial charge is 0.489 e. The van der Waals surface area contributed by atoms with Crippen LogP contribution in [-0.4, -0.2) is 35.1 Å². The van der Waals surface area contributed by atoms with Crippen LogP contribution in [0.5, 0.6) is 5.75 Å². The molecular weight excluding hydrogens is 356 g/mol. The van der Waals surface area contributed by atoms with Crippen molar-refractivity contribution in [2.75, 3.05) is 6.61 Å². The average molecular weight is 377 g/mol. The summed E-state index contributed by atoms with van der Waals surface area (Å²) in [5.41, 5.74) is -0.219. The molecule has 1 amide bonds. The number of amides is 1. The number of carbonyl (C=O) groups is 2. The zero-order chi connectivity index (χ0) is 19.2. The maximum absolute atomic E-state index is 12.5. The molecule has 0 aliphatic carbocycles. The van der Waals surface area contributed by atoms with Crippen molar-refractivity contribution in [2.24, 2.45) is 0 Å². The standard InChI is InChI=1S/C19H21ClN2O4/c1-19(2,3)22-17(23)16(12-25-15-8-6-14(20)7-9-15)26-18(24)13-5-4-10-21-11-13/h4-11,16H,12H2,1-3H3,(H,22,23). The molecule has 138 valence electrons. The highest BCUT2D eigenvalue weighted by molar-refractivity contribution is 6.30. The number of ether oxygens (including phenoxy) is 2. The minimum absolute atomic E-state index is 0.129. The number of rotatable bonds is 6. The molecule has 1 atom stereocenters. The van der Waals surface area contributed by atoms with Crippen molar-refractivity contribution in [2.45, 2.75) is 32.4 Å². The van der Waals surface area contributed by atoms with Gasteiger partial charge in [-0.05, 0) is 57.2 Å². The fourth-order valence-electron chi connectivity index (χ4n) is 2.00. The van der Waals surface area contributed by atoms with Gasteiger partial charge in [-0.15, -0.1) is 0 Å². The van der Waals surface area contributed by atoms with Crippen LogP contribution in [0.3, 0.4) is 0 Å². The van der Waals surface area contributed by atoms with Crippen molar-refractivity contribution in [1.82, 2.24) is 10.3 Å². The van der Waals surface area contributed by atoms with E-state index in [0.717, 1.165) is 0 Å². The minimum Gasteiger partial charge on any atom is -0.489 e. The molecular formula is C19H21ClN2O4. The first-order valence-corrected chi connectivity index (χ1v) is 8.44. The molecule has 0 saturated carbocycles. The minimum atomic E-state index is -1.11. The highest BCUT2D eigenvalue weighted by Crippen LogP contribution is 2.16. The van der Waals surface area contributed by atoms with Gasteiger partial charge in [0.25, 0.3) is 5.91 Å². The van der Waals surface area contributed by atoms with Crippen LogP contribution in [-0.2, 0) is 9.53 Å². The number of benzene rings is 1. The lowest BCUT2D eigenvalue weighted by atomic mass is 10.1. The highest BCUT2D eigenvalue weighted by atomic mass is 35.5. The normalized spacial score (nSPS) is 12.2. The first kappa shape index (κ1) is 19.7. The Hall–Kier alpha value is -2.60. The van der Waals surface area contributed by atoms with E-state index in [2.05, 4.69) is 10.3 Å². The Balaban J connectivity index is 2.09. The Labute approximate surface area is 157 Å². The van der Waals surface area contributed by atoms with Gasteiger partial charge in [-0.2, -0.15) is 0 Å². The van der Waals surface area contributed by atoms with Crippen LogP contribution < -0.4 is 10.1 Å². The van der Waals surface area contributed by atoms with Gasteiger partial charge in [-0.25, -0.2) is 4.79 Å². The summed E-state index contributed by atoms with van der Waals surface area (Å²) >= 11 is 5.84. The molecule has 0 fully saturated rings. The zero-order valence-electron chi connectivity index (χ0n) is 14.9. The summed E-state index contributed by atoms with van der Waals surface area (Å²) < 4.78 is 10.9. The fraction of sp³-hybridized carbons (Fsp3) is 0.316. The first-order chi connectivity index (χ1) is 12.2. The van der Waals surface area contributed by atoms with Gasteiger partial charge in [0.1, 0.15) is 12.4 Å². The van der Waals surface area contributed by atoms with Crippen molar-refractivity contribution < 1.29 is 19.1 Å². The molecule has 7 heteroatoms. The van der Waals surface area contributed by atoms with E-state index in [9.17, 15) is 9.59 Å². The average Bonchev–Trinajstić information content (AvgIpc) is 2.59. The van der Waals surface area contributed by atoms with E-state index >= 15 is 0 Å². The molecule has 1 N–H and O–H groups in total. The third-order valence-electron chi connectivity index (χ3n) is 3.15. The molecule has 0 radical (unpaired) electrons. The maximum atomic E-state index is 12.5. The molecule has 0 bridgehead atoms. The number of esters is 1. The van der Waals surface area contributed by atoms with Gasteiger partial charge in [0.2, 0.25) is 6.10 Å². The van der Waals surface area contributed by atoms with Gasteiger partial charge >= 0.3 is 5.97 Å². The molecule has 0 aliphatic heterocycles. The molecule has 0 saturated heterocycles. The van der Waals surface area contributed by atoms with Crippen molar-refractivity contribution in [3.63, 3.8) is 0 Å². The van der Waals surface area contributed by atoms with Gasteiger partial charge in [0.05, 0.1) is 5.56 Å². The summed E-state index contributed by atoms with van der Waals surface area (Å²) in [6.07, 6.45) is 1.81. The SMILES string of the molecule is CC(C)(C)NC(=O)C(COc1ccc(Cl)cc1)OC(=O)c1cccnc1. The van der Waals surface area contributed by atoms with Gasteiger partial charge in [0.15, 0.2) is 0 Å². The summed E-state index contributed by atoms with van der Waals surface area (Å²) in [6, 6.07) is 9.86. The molecule has 1 heterocycles. The second kappa shape index (κ2) is 8.67. The number of pyridine rings is 1. The Morgan fingerprint density at radius 3 is 2.46 bits per heavy atom. The number of hydrogen-bond donors (Lipinski definition) is 1. The van der Waals surface area contributed by atoms with E-state index in [1.165, 1.54) is 6.20 Å². The lowest BCUT2D eigenvalue weighted by Crippen LogP contribution is -2.49. The second-order valence-corrected chi connectivity index (χ2v) is 7.08. The van der Waals surface area contributed by atoms with E-state index in [0.29, 0.717) is 10.8 Å². The van der Waals surface area contributed by atoms with Crippen molar-refractivity contribution >= 4 is 23.5 Å². The lowest BCUT2D eigenvalue weighted by Gasteiger charge is -2.25. The number of nitrogens with zero attached hydrogens (tertiary/aromatic N) is 1. The number of carbonyl (C=O) groups excluding carboxylic acids is 2. The molecule has 6 nitrogen and oxygen atoms in total. The topological polar surface area (TPSA) is 77.5 Å². The molecule has 26 heavy (non-hydrogen) atoms. The highest BCUT2D eigenvalue weighted by Gasteiger charge is 2.27. The summed E-state index contributed by atoms with van der Waals surface area (Å²) in [5.74, 6) is -0.573. The first-order valence-electron chi connectivity index (χ1n) is 8.06. The lowest BCUT2D eigenvalue weighted by molar-refractivity contribution is -0.133. The Morgan fingerprint density at radius 1 is 1.19 bits per heavy atom. The van der Waals surface area contributed by atoms with Crippen LogP contribution in [0.2, 0.25) is 5.02 Å². The van der Waals surface area contributed by atoms with Crippen LogP contribution in [0.25, 0.3) is 0 Å². The van der Waals surface area contributed by atoms with E-state index in [1.807, 2.05) is 20.8 Å².